The first-order valence-corrected chi connectivity index (χ1v) is 10.8. The van der Waals surface area contributed by atoms with Crippen molar-refractivity contribution in [2.45, 2.75) is 108 Å². The van der Waals surface area contributed by atoms with Gasteiger partial charge in [-0.05, 0) is 49.6 Å². The summed E-state index contributed by atoms with van der Waals surface area (Å²) < 4.78 is 0. The summed E-state index contributed by atoms with van der Waals surface area (Å²) in [4.78, 5) is 0. The van der Waals surface area contributed by atoms with Crippen molar-refractivity contribution in [1.82, 2.24) is 0 Å². The molecule has 2 unspecified atom stereocenters. The van der Waals surface area contributed by atoms with Crippen LogP contribution in [0.2, 0.25) is 0 Å². The third-order valence-electron chi connectivity index (χ3n) is 5.37. The van der Waals surface area contributed by atoms with Gasteiger partial charge in [0.05, 0.1) is 0 Å². The highest BCUT2D eigenvalue weighted by Crippen LogP contribution is 2.60. The minimum absolute atomic E-state index is 0.460. The van der Waals surface area contributed by atoms with Crippen LogP contribution < -0.4 is 0 Å². The molecule has 0 aromatic carbocycles. The van der Waals surface area contributed by atoms with Gasteiger partial charge in [0.1, 0.15) is 0 Å². The molecule has 0 N–H and O–H groups in total. The van der Waals surface area contributed by atoms with Crippen LogP contribution in [0.3, 0.4) is 0 Å². The van der Waals surface area contributed by atoms with E-state index in [-0.39, 0.29) is 0 Å². The second-order valence-corrected chi connectivity index (χ2v) is 9.82. The van der Waals surface area contributed by atoms with Crippen LogP contribution >= 0.6 is 7.92 Å². The molecule has 0 nitrogen and oxygen atoms in total. The molecule has 0 aromatic heterocycles. The molecule has 0 aromatic rings. The summed E-state index contributed by atoms with van der Waals surface area (Å²) in [6, 6.07) is 0. The number of unbranched alkanes of at least 4 members (excludes halogenated alkanes) is 7. The van der Waals surface area contributed by atoms with Gasteiger partial charge in [-0.2, -0.15) is 0 Å². The van der Waals surface area contributed by atoms with Crippen molar-refractivity contribution in [2.24, 2.45) is 0 Å². The van der Waals surface area contributed by atoms with Gasteiger partial charge in [0, 0.05) is 0 Å². The van der Waals surface area contributed by atoms with Gasteiger partial charge in [0.25, 0.3) is 0 Å². The molecule has 0 amide bonds. The van der Waals surface area contributed by atoms with Gasteiger partial charge in [0.2, 0.25) is 0 Å². The van der Waals surface area contributed by atoms with Crippen LogP contribution in [0, 0.1) is 0 Å². The van der Waals surface area contributed by atoms with Gasteiger partial charge in [0.15, 0.2) is 0 Å². The highest BCUT2D eigenvalue weighted by molar-refractivity contribution is 7.59. The first kappa shape index (κ1) is 15.8. The Bertz CT molecular complexity index is 212. The lowest BCUT2D eigenvalue weighted by atomic mass is 10.0. The zero-order chi connectivity index (χ0) is 13.3. The largest absolute Gasteiger partial charge is 0.100 e. The summed E-state index contributed by atoms with van der Waals surface area (Å²) in [5.74, 6) is 0. The molecule has 1 heteroatoms. The van der Waals surface area contributed by atoms with E-state index in [1.165, 1.54) is 56.3 Å². The molecule has 2 fully saturated rings. The van der Waals surface area contributed by atoms with E-state index >= 15 is 0 Å². The average Bonchev–Trinajstić information content (AvgIpc) is 2.66. The van der Waals surface area contributed by atoms with E-state index in [9.17, 15) is 0 Å². The van der Waals surface area contributed by atoms with Crippen molar-refractivity contribution in [3.63, 3.8) is 0 Å². The highest BCUT2D eigenvalue weighted by Gasteiger charge is 2.35. The Morgan fingerprint density at radius 2 is 1.21 bits per heavy atom. The fourth-order valence-electron chi connectivity index (χ4n) is 4.19. The maximum Gasteiger partial charge on any atom is -0.0206 e. The molecular formula is C18H35P. The lowest BCUT2D eigenvalue weighted by Crippen LogP contribution is -2.03. The van der Waals surface area contributed by atoms with Crippen LogP contribution in [0.15, 0.2) is 0 Å². The van der Waals surface area contributed by atoms with Crippen LogP contribution in [-0.4, -0.2) is 17.5 Å². The van der Waals surface area contributed by atoms with Crippen LogP contribution in [0.4, 0.5) is 0 Å². The quantitative estimate of drug-likeness (QED) is 0.325. The Balaban J connectivity index is 1.51. The summed E-state index contributed by atoms with van der Waals surface area (Å²) in [7, 11) is 0.460. The molecule has 19 heavy (non-hydrogen) atoms. The number of hydrogen-bond donors (Lipinski definition) is 0. The van der Waals surface area contributed by atoms with Gasteiger partial charge >= 0.3 is 0 Å². The van der Waals surface area contributed by atoms with Gasteiger partial charge in [-0.25, -0.2) is 0 Å². The molecule has 0 aliphatic carbocycles. The Labute approximate surface area is 122 Å². The van der Waals surface area contributed by atoms with Crippen molar-refractivity contribution in [3.05, 3.63) is 0 Å². The SMILES string of the molecule is CCCCCCCCCCP1C2CCCCC1CC2. The van der Waals surface area contributed by atoms with Crippen LogP contribution in [0.1, 0.15) is 96.8 Å². The van der Waals surface area contributed by atoms with E-state index in [0.29, 0.717) is 7.92 Å². The van der Waals surface area contributed by atoms with Crippen molar-refractivity contribution in [2.75, 3.05) is 6.16 Å². The van der Waals surface area contributed by atoms with Crippen molar-refractivity contribution in [3.8, 4) is 0 Å². The molecule has 2 rings (SSSR count). The molecule has 0 radical (unpaired) electrons. The fourth-order valence-corrected chi connectivity index (χ4v) is 8.09. The summed E-state index contributed by atoms with van der Waals surface area (Å²) >= 11 is 0. The third-order valence-corrected chi connectivity index (χ3v) is 9.11. The third kappa shape index (κ3) is 5.37. The number of rotatable bonds is 9. The predicted octanol–water partition coefficient (Wildman–Crippen LogP) is 6.71. The summed E-state index contributed by atoms with van der Waals surface area (Å²) in [6.07, 6.45) is 23.1. The molecule has 2 atom stereocenters. The number of fused-ring (bicyclic) bond motifs is 2. The summed E-state index contributed by atoms with van der Waals surface area (Å²) in [5, 5.41) is 0. The standard InChI is InChI=1S/C18H35P/c1-2-3-4-5-6-7-8-11-16-19-17-12-9-10-13-18(19)15-14-17/h17-18H,2-16H2,1H3. The minimum Gasteiger partial charge on any atom is -0.100 e. The van der Waals surface area contributed by atoms with Gasteiger partial charge in [-0.1, -0.05) is 64.7 Å². The summed E-state index contributed by atoms with van der Waals surface area (Å²) in [5.41, 5.74) is 2.40. The Kier molecular flexibility index (Phi) is 7.81. The molecule has 2 aliphatic rings. The van der Waals surface area contributed by atoms with Crippen molar-refractivity contribution in [1.29, 1.82) is 0 Å². The molecule has 2 aliphatic heterocycles. The van der Waals surface area contributed by atoms with E-state index in [2.05, 4.69) is 6.92 Å². The Morgan fingerprint density at radius 3 is 1.79 bits per heavy atom. The van der Waals surface area contributed by atoms with E-state index in [0.717, 1.165) is 0 Å². The molecule has 0 spiro atoms. The van der Waals surface area contributed by atoms with Crippen molar-refractivity contribution < 1.29 is 0 Å². The zero-order valence-corrected chi connectivity index (χ0v) is 14.1. The first-order chi connectivity index (χ1) is 9.42. The lowest BCUT2D eigenvalue weighted by molar-refractivity contribution is 0.556. The topological polar surface area (TPSA) is 0 Å². The van der Waals surface area contributed by atoms with Crippen LogP contribution in [0.25, 0.3) is 0 Å². The summed E-state index contributed by atoms with van der Waals surface area (Å²) in [6.45, 7) is 2.31. The molecule has 112 valence electrons. The second kappa shape index (κ2) is 9.38. The van der Waals surface area contributed by atoms with E-state index in [4.69, 9.17) is 0 Å². The molecule has 0 saturated carbocycles. The second-order valence-electron chi connectivity index (χ2n) is 6.88. The van der Waals surface area contributed by atoms with Gasteiger partial charge in [-0.3, -0.25) is 0 Å². The monoisotopic (exact) mass is 282 g/mol. The maximum atomic E-state index is 2.31. The first-order valence-electron chi connectivity index (χ1n) is 9.17. The van der Waals surface area contributed by atoms with Gasteiger partial charge in [-0.15, -0.1) is 7.92 Å². The normalized spacial score (nSPS) is 30.5. The number of hydrogen-bond acceptors (Lipinski definition) is 0. The van der Waals surface area contributed by atoms with E-state index in [1.54, 1.807) is 51.1 Å². The van der Waals surface area contributed by atoms with Gasteiger partial charge < -0.3 is 0 Å². The molecular weight excluding hydrogens is 247 g/mol. The van der Waals surface area contributed by atoms with Crippen LogP contribution in [0.5, 0.6) is 0 Å². The molecule has 2 heterocycles. The minimum atomic E-state index is 0.460. The Hall–Kier alpha value is 0.430. The predicted molar refractivity (Wildman–Crippen MR) is 89.7 cm³/mol. The van der Waals surface area contributed by atoms with E-state index < -0.39 is 0 Å². The lowest BCUT2D eigenvalue weighted by Gasteiger charge is -2.23. The maximum absolute atomic E-state index is 2.31. The fraction of sp³-hybridized carbons (Fsp3) is 1.00. The zero-order valence-electron chi connectivity index (χ0n) is 13.2. The van der Waals surface area contributed by atoms with Crippen molar-refractivity contribution >= 4 is 7.92 Å². The molecule has 2 saturated heterocycles. The Morgan fingerprint density at radius 1 is 0.684 bits per heavy atom. The van der Waals surface area contributed by atoms with Crippen LogP contribution in [-0.2, 0) is 0 Å². The molecule has 2 bridgehead atoms. The highest BCUT2D eigenvalue weighted by atomic mass is 31.1. The smallest absolute Gasteiger partial charge is 0.0206 e. The average molecular weight is 282 g/mol. The van der Waals surface area contributed by atoms with E-state index in [1.807, 2.05) is 0 Å².